The van der Waals surface area contributed by atoms with Gasteiger partial charge in [0, 0.05) is 61.7 Å². The molecule has 6 rings (SSSR count). The van der Waals surface area contributed by atoms with E-state index in [4.69, 9.17) is 21.3 Å². The molecule has 1 unspecified atom stereocenters. The lowest BCUT2D eigenvalue weighted by Gasteiger charge is -2.20. The summed E-state index contributed by atoms with van der Waals surface area (Å²) in [5.74, 6) is -0.177. The topological polar surface area (TPSA) is 157 Å². The van der Waals surface area contributed by atoms with Crippen LogP contribution >= 0.6 is 11.6 Å². The Morgan fingerprint density at radius 3 is 2.57 bits per heavy atom. The van der Waals surface area contributed by atoms with Gasteiger partial charge in [-0.15, -0.1) is 0 Å². The number of aryl methyl sites for hydroxylation is 1. The Morgan fingerprint density at radius 2 is 1.85 bits per heavy atom. The number of rotatable bonds is 8. The third-order valence-electron chi connectivity index (χ3n) is 8.63. The smallest absolute Gasteiger partial charge is 0.330 e. The molecule has 1 aliphatic heterocycles. The fourth-order valence-corrected chi connectivity index (χ4v) is 6.42. The quantitative estimate of drug-likeness (QED) is 0.223. The zero-order valence-electron chi connectivity index (χ0n) is 26.2. The van der Waals surface area contributed by atoms with E-state index in [0.29, 0.717) is 57.5 Å². The second-order valence-electron chi connectivity index (χ2n) is 11.6. The minimum atomic E-state index is -0.694. The van der Waals surface area contributed by atoms with Crippen molar-refractivity contribution in [2.45, 2.75) is 31.8 Å². The standard InChI is InChI=1S/C34H33ClN6O6/c1-17-20(7-6-10-24(17)38-31(44)23-16-40(2)34(46)41(3)33(23)45)21-8-5-9-22(29(21)35)25-13-18-14-26(42)30(28(18)32(39-25)47-4)36-15-19-11-12-27(43)37-19/h5-10,13-14,16,19,30,36,42H,11-12,15H2,1-4H3,(H,37,43)(H,38,44)/t19-,30?/m0/s1. The molecule has 0 bridgehead atoms. The Balaban J connectivity index is 1.31. The summed E-state index contributed by atoms with van der Waals surface area (Å²) >= 11 is 7.06. The van der Waals surface area contributed by atoms with Gasteiger partial charge in [-0.1, -0.05) is 41.9 Å². The van der Waals surface area contributed by atoms with Gasteiger partial charge in [0.25, 0.3) is 11.5 Å². The van der Waals surface area contributed by atoms with Crippen LogP contribution in [0.25, 0.3) is 28.5 Å². The number of amides is 2. The Morgan fingerprint density at radius 1 is 1.13 bits per heavy atom. The fourth-order valence-electron chi connectivity index (χ4n) is 6.10. The van der Waals surface area contributed by atoms with Crippen LogP contribution < -0.4 is 31.9 Å². The molecule has 4 N–H and O–H groups in total. The molecule has 2 atom stereocenters. The number of nitrogens with zero attached hydrogens (tertiary/aromatic N) is 3. The predicted molar refractivity (Wildman–Crippen MR) is 179 cm³/mol. The normalized spacial score (nSPS) is 16.9. The minimum absolute atomic E-state index is 0.0182. The molecule has 12 nitrogen and oxygen atoms in total. The number of aromatic nitrogens is 3. The first-order chi connectivity index (χ1) is 22.5. The largest absolute Gasteiger partial charge is 0.510 e. The highest BCUT2D eigenvalue weighted by atomic mass is 35.5. The van der Waals surface area contributed by atoms with Gasteiger partial charge in [0.1, 0.15) is 11.3 Å². The number of aliphatic hydroxyl groups excluding tert-OH is 1. The second kappa shape index (κ2) is 12.5. The number of methoxy groups -OCH3 is 1. The maximum atomic E-state index is 13.1. The number of ether oxygens (including phenoxy) is 1. The molecule has 1 saturated heterocycles. The summed E-state index contributed by atoms with van der Waals surface area (Å²) in [5.41, 5.74) is 3.81. The van der Waals surface area contributed by atoms with E-state index in [-0.39, 0.29) is 23.3 Å². The van der Waals surface area contributed by atoms with Crippen molar-refractivity contribution in [3.8, 4) is 28.3 Å². The van der Waals surface area contributed by atoms with Gasteiger partial charge in [0.05, 0.1) is 23.9 Å². The van der Waals surface area contributed by atoms with Crippen LogP contribution in [0.5, 0.6) is 5.88 Å². The fraction of sp³-hybridized carbons (Fsp3) is 0.265. The van der Waals surface area contributed by atoms with Gasteiger partial charge >= 0.3 is 5.69 Å². The average Bonchev–Trinajstić information content (AvgIpc) is 3.62. The first-order valence-corrected chi connectivity index (χ1v) is 15.3. The number of nitrogens with one attached hydrogen (secondary N) is 3. The van der Waals surface area contributed by atoms with Crippen molar-refractivity contribution in [3.05, 3.63) is 103 Å². The number of pyridine rings is 1. The summed E-state index contributed by atoms with van der Waals surface area (Å²) in [4.78, 5) is 54.3. The van der Waals surface area contributed by atoms with E-state index in [9.17, 15) is 24.3 Å². The SMILES string of the molecule is COc1nc(-c2cccc(-c3cccc(NC(=O)c4cn(C)c(=O)n(C)c4=O)c3C)c2Cl)cc2c1C(NC[C@@H]1CCC(=O)N1)C(O)=C2. The monoisotopic (exact) mass is 656 g/mol. The Labute approximate surface area is 274 Å². The number of carbonyl (C=O) groups is 2. The van der Waals surface area contributed by atoms with Crippen molar-refractivity contribution >= 4 is 35.2 Å². The molecule has 2 amide bonds. The molecule has 0 saturated carbocycles. The third-order valence-corrected chi connectivity index (χ3v) is 9.04. The van der Waals surface area contributed by atoms with Gasteiger partial charge in [-0.3, -0.25) is 19.0 Å². The molecule has 1 fully saturated rings. The van der Waals surface area contributed by atoms with Gasteiger partial charge in [0.2, 0.25) is 11.8 Å². The molecule has 3 heterocycles. The van der Waals surface area contributed by atoms with E-state index in [0.717, 1.165) is 22.1 Å². The molecule has 0 spiro atoms. The van der Waals surface area contributed by atoms with Crippen LogP contribution in [-0.4, -0.2) is 50.7 Å². The van der Waals surface area contributed by atoms with Crippen molar-refractivity contribution in [1.29, 1.82) is 0 Å². The van der Waals surface area contributed by atoms with E-state index in [1.807, 2.05) is 37.3 Å². The number of halogens is 1. The van der Waals surface area contributed by atoms with Gasteiger partial charge in [-0.05, 0) is 48.2 Å². The Bertz CT molecular complexity index is 2100. The van der Waals surface area contributed by atoms with Crippen molar-refractivity contribution < 1.29 is 19.4 Å². The number of hydrogen-bond acceptors (Lipinski definition) is 8. The molecule has 0 radical (unpaired) electrons. The summed E-state index contributed by atoms with van der Waals surface area (Å²) in [7, 11) is 4.31. The van der Waals surface area contributed by atoms with Crippen LogP contribution in [0.1, 0.15) is 45.9 Å². The number of hydrogen-bond donors (Lipinski definition) is 4. The third kappa shape index (κ3) is 5.81. The van der Waals surface area contributed by atoms with Gasteiger partial charge in [0.15, 0.2) is 0 Å². The summed E-state index contributed by atoms with van der Waals surface area (Å²) in [6.45, 7) is 2.31. The van der Waals surface area contributed by atoms with Crippen LogP contribution in [0.15, 0.2) is 64.0 Å². The van der Waals surface area contributed by atoms with Gasteiger partial charge in [-0.25, -0.2) is 9.78 Å². The van der Waals surface area contributed by atoms with Crippen molar-refractivity contribution in [2.75, 3.05) is 19.0 Å². The zero-order valence-corrected chi connectivity index (χ0v) is 26.9. The summed E-state index contributed by atoms with van der Waals surface area (Å²) in [6, 6.07) is 12.2. The molecule has 242 valence electrons. The maximum absolute atomic E-state index is 13.1. The zero-order chi connectivity index (χ0) is 33.6. The summed E-state index contributed by atoms with van der Waals surface area (Å²) < 4.78 is 7.75. The van der Waals surface area contributed by atoms with Crippen LogP contribution in [0.2, 0.25) is 5.02 Å². The number of aliphatic hydroxyl groups is 1. The van der Waals surface area contributed by atoms with Crippen LogP contribution in [0.3, 0.4) is 0 Å². The second-order valence-corrected chi connectivity index (χ2v) is 12.0. The maximum Gasteiger partial charge on any atom is 0.330 e. The van der Waals surface area contributed by atoms with Crippen molar-refractivity contribution in [3.63, 3.8) is 0 Å². The highest BCUT2D eigenvalue weighted by molar-refractivity contribution is 6.36. The molecular formula is C34H33ClN6O6. The van der Waals surface area contributed by atoms with E-state index in [2.05, 4.69) is 16.0 Å². The minimum Gasteiger partial charge on any atom is -0.510 e. The van der Waals surface area contributed by atoms with E-state index in [1.54, 1.807) is 18.2 Å². The number of benzene rings is 2. The molecule has 2 aromatic heterocycles. The Kier molecular flexibility index (Phi) is 8.47. The molecule has 2 aliphatic rings. The highest BCUT2D eigenvalue weighted by Crippen LogP contribution is 2.43. The first kappa shape index (κ1) is 31.8. The number of fused-ring (bicyclic) bond motifs is 1. The van der Waals surface area contributed by atoms with Crippen molar-refractivity contribution in [1.82, 2.24) is 24.8 Å². The summed E-state index contributed by atoms with van der Waals surface area (Å²) in [5, 5.41) is 20.3. The van der Waals surface area contributed by atoms with E-state index >= 15 is 0 Å². The van der Waals surface area contributed by atoms with Gasteiger partial charge in [-0.2, -0.15) is 0 Å². The molecule has 2 aromatic carbocycles. The van der Waals surface area contributed by atoms with E-state index in [1.165, 1.54) is 32.0 Å². The molecule has 1 aliphatic carbocycles. The van der Waals surface area contributed by atoms with Crippen LogP contribution in [0.4, 0.5) is 5.69 Å². The lowest BCUT2D eigenvalue weighted by Crippen LogP contribution is -2.40. The molecule has 13 heteroatoms. The lowest BCUT2D eigenvalue weighted by molar-refractivity contribution is -0.119. The molecule has 4 aromatic rings. The molecule has 47 heavy (non-hydrogen) atoms. The van der Waals surface area contributed by atoms with Crippen LogP contribution in [0, 0.1) is 6.92 Å². The highest BCUT2D eigenvalue weighted by Gasteiger charge is 2.32. The average molecular weight is 657 g/mol. The van der Waals surface area contributed by atoms with Crippen molar-refractivity contribution in [2.24, 2.45) is 14.1 Å². The lowest BCUT2D eigenvalue weighted by atomic mass is 9.96. The number of anilines is 1. The van der Waals surface area contributed by atoms with Crippen LogP contribution in [-0.2, 0) is 18.9 Å². The first-order valence-electron chi connectivity index (χ1n) is 15.0. The van der Waals surface area contributed by atoms with E-state index < -0.39 is 23.2 Å². The molecular weight excluding hydrogens is 624 g/mol. The summed E-state index contributed by atoms with van der Waals surface area (Å²) in [6.07, 6.45) is 4.10. The predicted octanol–water partition coefficient (Wildman–Crippen LogP) is 3.86. The van der Waals surface area contributed by atoms with Gasteiger partial charge < -0.3 is 30.4 Å². The Hall–Kier alpha value is -5.20. The number of carbonyl (C=O) groups excluding carboxylic acids is 2.